The molecule has 2 aromatic heterocycles. The van der Waals surface area contributed by atoms with Gasteiger partial charge in [-0.3, -0.25) is 0 Å². The number of rotatable bonds is 10. The zero-order valence-electron chi connectivity index (χ0n) is 41.9. The fourth-order valence-electron chi connectivity index (χ4n) is 9.50. The molecule has 0 bridgehead atoms. The molecule has 1 aliphatic heterocycles. The van der Waals surface area contributed by atoms with Gasteiger partial charge in [0.2, 0.25) is 0 Å². The van der Waals surface area contributed by atoms with Crippen LogP contribution in [0.2, 0.25) is 0 Å². The Labute approximate surface area is 429 Å². The molecule has 0 amide bonds. The predicted octanol–water partition coefficient (Wildman–Crippen LogP) is 16.4. The van der Waals surface area contributed by atoms with E-state index in [9.17, 15) is 0 Å². The summed E-state index contributed by atoms with van der Waals surface area (Å²) in [6.45, 7) is 24.9. The Kier molecular flexibility index (Phi) is 12.8. The van der Waals surface area contributed by atoms with Crippen molar-refractivity contribution < 1.29 is 25.8 Å². The number of pyridine rings is 1. The Morgan fingerprint density at radius 3 is 1.66 bits per heavy atom. The SMILES string of the molecule is CC(C)(C)c1cc(N2C=CN(c3[c-]c(Oc4[c-]c5c(cc4)c4ccc(C(C)(C)c6ccccc6)cc4n5-c4cc(C(C)(C)c5ccccc5)ccn4)cc(-c4ccccc4)c3)[CH-]2)cc(C(C)(C)C)c1.[Pt]. The maximum absolute atomic E-state index is 6.90. The third-order valence-electron chi connectivity index (χ3n) is 14.1. The summed E-state index contributed by atoms with van der Waals surface area (Å²) in [6.07, 6.45) is 6.15. The molecule has 0 unspecified atom stereocenters. The van der Waals surface area contributed by atoms with Crippen LogP contribution in [0.25, 0.3) is 38.8 Å². The van der Waals surface area contributed by atoms with E-state index in [2.05, 4.69) is 266 Å². The van der Waals surface area contributed by atoms with Gasteiger partial charge in [-0.05, 0) is 97.9 Å². The van der Waals surface area contributed by atoms with E-state index in [-0.39, 0.29) is 42.7 Å². The first-order chi connectivity index (χ1) is 32.9. The number of anilines is 2. The van der Waals surface area contributed by atoms with E-state index in [1.54, 1.807) is 0 Å². The van der Waals surface area contributed by atoms with Gasteiger partial charge in [-0.2, -0.15) is 6.07 Å². The first-order valence-electron chi connectivity index (χ1n) is 24.1. The van der Waals surface area contributed by atoms with Gasteiger partial charge in [0.05, 0.1) is 0 Å². The van der Waals surface area contributed by atoms with Crippen LogP contribution in [0.5, 0.6) is 11.5 Å². The molecule has 0 radical (unpaired) electrons. The first kappa shape index (κ1) is 48.3. The number of fused-ring (bicyclic) bond motifs is 3. The second-order valence-electron chi connectivity index (χ2n) is 21.6. The van der Waals surface area contributed by atoms with Crippen molar-refractivity contribution in [1.82, 2.24) is 9.55 Å². The topological polar surface area (TPSA) is 33.5 Å². The van der Waals surface area contributed by atoms with Crippen molar-refractivity contribution in [3.8, 4) is 28.4 Å². The second kappa shape index (κ2) is 18.6. The Hall–Kier alpha value is -6.68. The van der Waals surface area contributed by atoms with Crippen molar-refractivity contribution in [2.75, 3.05) is 9.80 Å². The van der Waals surface area contributed by atoms with Gasteiger partial charge in [-0.15, -0.1) is 53.6 Å². The van der Waals surface area contributed by atoms with Crippen molar-refractivity contribution in [3.63, 3.8) is 0 Å². The third kappa shape index (κ3) is 9.37. The molecule has 9 aromatic rings. The minimum atomic E-state index is -0.266. The molecule has 10 rings (SSSR count). The van der Waals surface area contributed by atoms with Crippen molar-refractivity contribution in [1.29, 1.82) is 0 Å². The van der Waals surface area contributed by atoms with E-state index in [1.807, 2.05) is 18.3 Å². The van der Waals surface area contributed by atoms with Crippen molar-refractivity contribution in [3.05, 3.63) is 235 Å². The number of benzene rings is 7. The molecular weight excluding hydrogens is 1040 g/mol. The number of nitrogens with zero attached hydrogens (tertiary/aromatic N) is 4. The second-order valence-corrected chi connectivity index (χ2v) is 21.6. The van der Waals surface area contributed by atoms with E-state index in [4.69, 9.17) is 9.72 Å². The maximum Gasteiger partial charge on any atom is 0.135 e. The summed E-state index contributed by atoms with van der Waals surface area (Å²) in [5, 5.41) is 2.19. The molecule has 0 spiro atoms. The molecule has 7 aromatic carbocycles. The van der Waals surface area contributed by atoms with Crippen LogP contribution in [0.4, 0.5) is 11.4 Å². The molecule has 1 aliphatic rings. The normalized spacial score (nSPS) is 13.3. The first-order valence-corrected chi connectivity index (χ1v) is 24.1. The van der Waals surface area contributed by atoms with Crippen LogP contribution in [0.3, 0.4) is 0 Å². The Balaban J connectivity index is 0.00000608. The third-order valence-corrected chi connectivity index (χ3v) is 14.1. The minimum Gasteiger partial charge on any atom is -0.509 e. The molecule has 0 N–H and O–H groups in total. The van der Waals surface area contributed by atoms with Gasteiger partial charge in [0, 0.05) is 60.8 Å². The minimum absolute atomic E-state index is 0. The van der Waals surface area contributed by atoms with Crippen LogP contribution in [0, 0.1) is 18.8 Å². The molecule has 0 saturated carbocycles. The Morgan fingerprint density at radius 2 is 1.04 bits per heavy atom. The predicted molar refractivity (Wildman–Crippen MR) is 288 cm³/mol. The van der Waals surface area contributed by atoms with Gasteiger partial charge >= 0.3 is 0 Å². The summed E-state index contributed by atoms with van der Waals surface area (Å²) in [5.41, 5.74) is 13.0. The molecular formula is C64H61N4OPt-3. The van der Waals surface area contributed by atoms with Gasteiger partial charge in [0.15, 0.2) is 0 Å². The van der Waals surface area contributed by atoms with Crippen LogP contribution < -0.4 is 14.5 Å². The number of hydrogen-bond donors (Lipinski definition) is 0. The zero-order valence-corrected chi connectivity index (χ0v) is 44.2. The quantitative estimate of drug-likeness (QED) is 0.128. The van der Waals surface area contributed by atoms with Gasteiger partial charge in [-0.1, -0.05) is 184 Å². The summed E-state index contributed by atoms with van der Waals surface area (Å²) in [6, 6.07) is 65.9. The van der Waals surface area contributed by atoms with Crippen molar-refractivity contribution >= 4 is 33.2 Å². The van der Waals surface area contributed by atoms with Gasteiger partial charge in [0.1, 0.15) is 5.82 Å². The van der Waals surface area contributed by atoms with E-state index < -0.39 is 0 Å². The van der Waals surface area contributed by atoms with Gasteiger partial charge in [0.25, 0.3) is 0 Å². The average Bonchev–Trinajstić information content (AvgIpc) is 3.98. The van der Waals surface area contributed by atoms with Crippen LogP contribution in [0.15, 0.2) is 182 Å². The number of hydrogen-bond acceptors (Lipinski definition) is 4. The number of aromatic nitrogens is 2. The van der Waals surface area contributed by atoms with E-state index in [1.165, 1.54) is 33.4 Å². The molecule has 356 valence electrons. The van der Waals surface area contributed by atoms with Crippen LogP contribution in [-0.4, -0.2) is 9.55 Å². The Morgan fingerprint density at radius 1 is 0.471 bits per heavy atom. The van der Waals surface area contributed by atoms with E-state index >= 15 is 0 Å². The molecule has 0 aliphatic carbocycles. The Bertz CT molecular complexity index is 3330. The molecule has 0 saturated heterocycles. The van der Waals surface area contributed by atoms with E-state index in [0.29, 0.717) is 11.5 Å². The smallest absolute Gasteiger partial charge is 0.135 e. The summed E-state index contributed by atoms with van der Waals surface area (Å²) in [4.78, 5) is 9.41. The largest absolute Gasteiger partial charge is 0.509 e. The molecule has 70 heavy (non-hydrogen) atoms. The molecule has 5 nitrogen and oxygen atoms in total. The van der Waals surface area contributed by atoms with E-state index in [0.717, 1.165) is 50.1 Å². The van der Waals surface area contributed by atoms with Crippen LogP contribution in [-0.2, 0) is 42.7 Å². The van der Waals surface area contributed by atoms with Crippen LogP contribution in [0.1, 0.15) is 103 Å². The molecule has 3 heterocycles. The zero-order chi connectivity index (χ0) is 48.3. The fraction of sp³-hybridized carbons (Fsp3) is 0.219. The van der Waals surface area contributed by atoms with Crippen LogP contribution >= 0.6 is 0 Å². The van der Waals surface area contributed by atoms with Gasteiger partial charge in [-0.25, -0.2) is 4.98 Å². The fourth-order valence-corrected chi connectivity index (χ4v) is 9.50. The summed E-state index contributed by atoms with van der Waals surface area (Å²) in [7, 11) is 0. The van der Waals surface area contributed by atoms with Crippen molar-refractivity contribution in [2.24, 2.45) is 0 Å². The molecule has 0 atom stereocenters. The van der Waals surface area contributed by atoms with Gasteiger partial charge < -0.3 is 19.1 Å². The summed E-state index contributed by atoms with van der Waals surface area (Å²) < 4.78 is 9.17. The molecule has 0 fully saturated rings. The average molecular weight is 1100 g/mol. The number of ether oxygens (including phenoxy) is 1. The summed E-state index contributed by atoms with van der Waals surface area (Å²) in [5.74, 6) is 2.00. The molecule has 6 heteroatoms. The van der Waals surface area contributed by atoms with Crippen molar-refractivity contribution in [2.45, 2.75) is 90.9 Å². The standard InChI is InChI=1S/C64H61N4O.Pt/c1-61(2,3)50-36-51(62(4,5)6)38-53(37-50)67-33-32-66(43-67)52-34-45(44-20-14-11-15-21-44)35-55(41-52)69-54-27-29-57-56-28-26-48(63(7,8)46-22-16-12-17-23-46)39-58(56)68(59(57)42-54)60-40-49(30-31-65-60)64(9,10)47-24-18-13-19-25-47;/h11-40,43H,1-10H3;/q-3;. The monoisotopic (exact) mass is 1100 g/mol. The maximum atomic E-state index is 6.90. The summed E-state index contributed by atoms with van der Waals surface area (Å²) >= 11 is 0.